The van der Waals surface area contributed by atoms with Gasteiger partial charge >= 0.3 is 0 Å². The van der Waals surface area contributed by atoms with Crippen molar-refractivity contribution in [1.29, 1.82) is 0 Å². The SMILES string of the molecule is NCCc1cc2cccc3c2n1CC3. The Morgan fingerprint density at radius 2 is 2.29 bits per heavy atom. The first-order valence-corrected chi connectivity index (χ1v) is 5.20. The van der Waals surface area contributed by atoms with Gasteiger partial charge in [-0.2, -0.15) is 0 Å². The molecule has 0 atom stereocenters. The minimum absolute atomic E-state index is 0.742. The molecule has 0 amide bonds. The summed E-state index contributed by atoms with van der Waals surface area (Å²) in [5.74, 6) is 0. The van der Waals surface area contributed by atoms with E-state index in [-0.39, 0.29) is 0 Å². The van der Waals surface area contributed by atoms with Crippen molar-refractivity contribution >= 4 is 10.9 Å². The lowest BCUT2D eigenvalue weighted by Crippen LogP contribution is -2.07. The quantitative estimate of drug-likeness (QED) is 0.760. The molecule has 2 nitrogen and oxygen atoms in total. The van der Waals surface area contributed by atoms with Crippen LogP contribution in [0.2, 0.25) is 0 Å². The number of nitrogens with two attached hydrogens (primary N) is 1. The van der Waals surface area contributed by atoms with E-state index >= 15 is 0 Å². The second kappa shape index (κ2) is 2.85. The molecular weight excluding hydrogens is 172 g/mol. The Hall–Kier alpha value is -1.28. The minimum atomic E-state index is 0.742. The molecule has 1 aromatic heterocycles. The van der Waals surface area contributed by atoms with Crippen LogP contribution >= 0.6 is 0 Å². The van der Waals surface area contributed by atoms with Crippen molar-refractivity contribution in [3.63, 3.8) is 0 Å². The fourth-order valence-corrected chi connectivity index (χ4v) is 2.50. The van der Waals surface area contributed by atoms with Crippen LogP contribution in [-0.4, -0.2) is 11.1 Å². The highest BCUT2D eigenvalue weighted by atomic mass is 15.0. The second-order valence-electron chi connectivity index (χ2n) is 3.93. The number of para-hydroxylation sites is 1. The largest absolute Gasteiger partial charge is 0.344 e. The number of hydrogen-bond donors (Lipinski definition) is 1. The Morgan fingerprint density at radius 3 is 3.14 bits per heavy atom. The highest BCUT2D eigenvalue weighted by Crippen LogP contribution is 2.29. The van der Waals surface area contributed by atoms with Gasteiger partial charge in [-0.3, -0.25) is 0 Å². The van der Waals surface area contributed by atoms with Crippen LogP contribution in [0.5, 0.6) is 0 Å². The molecule has 1 aliphatic heterocycles. The summed E-state index contributed by atoms with van der Waals surface area (Å²) in [6, 6.07) is 8.86. The number of hydrogen-bond acceptors (Lipinski definition) is 1. The Morgan fingerprint density at radius 1 is 1.36 bits per heavy atom. The molecule has 1 aromatic carbocycles. The third-order valence-corrected chi connectivity index (χ3v) is 3.09. The molecule has 2 heterocycles. The molecule has 0 radical (unpaired) electrons. The summed E-state index contributed by atoms with van der Waals surface area (Å²) in [5, 5.41) is 1.38. The average molecular weight is 186 g/mol. The topological polar surface area (TPSA) is 30.9 Å². The number of nitrogens with zero attached hydrogens (tertiary/aromatic N) is 1. The van der Waals surface area contributed by atoms with Crippen LogP contribution in [-0.2, 0) is 19.4 Å². The number of aromatic nitrogens is 1. The first-order chi connectivity index (χ1) is 6.90. The number of rotatable bonds is 2. The van der Waals surface area contributed by atoms with Gasteiger partial charge < -0.3 is 10.3 Å². The van der Waals surface area contributed by atoms with Gasteiger partial charge in [-0.15, -0.1) is 0 Å². The summed E-state index contributed by atoms with van der Waals surface area (Å²) in [7, 11) is 0. The fraction of sp³-hybridized carbons (Fsp3) is 0.333. The molecule has 0 unspecified atom stereocenters. The summed E-state index contributed by atoms with van der Waals surface area (Å²) in [6.07, 6.45) is 2.18. The monoisotopic (exact) mass is 186 g/mol. The van der Waals surface area contributed by atoms with Gasteiger partial charge in [0.25, 0.3) is 0 Å². The smallest absolute Gasteiger partial charge is 0.0515 e. The highest BCUT2D eigenvalue weighted by Gasteiger charge is 2.16. The molecule has 1 aliphatic rings. The van der Waals surface area contributed by atoms with Gasteiger partial charge in [-0.1, -0.05) is 18.2 Å². The zero-order valence-corrected chi connectivity index (χ0v) is 8.16. The standard InChI is InChI=1S/C12H14N2/c13-6-4-11-8-10-3-1-2-9-5-7-14(11)12(9)10/h1-3,8H,4-7,13H2. The van der Waals surface area contributed by atoms with Crippen molar-refractivity contribution in [3.05, 3.63) is 35.5 Å². The Bertz CT molecular complexity index is 482. The van der Waals surface area contributed by atoms with Crippen molar-refractivity contribution in [2.75, 3.05) is 6.54 Å². The van der Waals surface area contributed by atoms with Gasteiger partial charge in [-0.25, -0.2) is 0 Å². The van der Waals surface area contributed by atoms with Crippen molar-refractivity contribution in [2.45, 2.75) is 19.4 Å². The molecule has 14 heavy (non-hydrogen) atoms. The van der Waals surface area contributed by atoms with E-state index in [2.05, 4.69) is 28.8 Å². The molecule has 72 valence electrons. The van der Waals surface area contributed by atoms with E-state index in [4.69, 9.17) is 5.73 Å². The average Bonchev–Trinajstić information content (AvgIpc) is 2.75. The summed E-state index contributed by atoms with van der Waals surface area (Å²) in [5.41, 5.74) is 9.94. The molecule has 0 saturated heterocycles. The van der Waals surface area contributed by atoms with E-state index in [0.717, 1.165) is 19.5 Å². The van der Waals surface area contributed by atoms with Crippen LogP contribution in [0.3, 0.4) is 0 Å². The summed E-state index contributed by atoms with van der Waals surface area (Å²) in [6.45, 7) is 1.88. The van der Waals surface area contributed by atoms with Gasteiger partial charge in [0.1, 0.15) is 0 Å². The van der Waals surface area contributed by atoms with Crippen LogP contribution in [0.15, 0.2) is 24.3 Å². The van der Waals surface area contributed by atoms with Crippen molar-refractivity contribution < 1.29 is 0 Å². The van der Waals surface area contributed by atoms with Crippen molar-refractivity contribution in [2.24, 2.45) is 5.73 Å². The zero-order valence-electron chi connectivity index (χ0n) is 8.16. The molecule has 0 saturated carbocycles. The van der Waals surface area contributed by atoms with Crippen molar-refractivity contribution in [3.8, 4) is 0 Å². The zero-order chi connectivity index (χ0) is 9.54. The Labute approximate surface area is 83.3 Å². The maximum atomic E-state index is 5.61. The van der Waals surface area contributed by atoms with Gasteiger partial charge in [0, 0.05) is 17.6 Å². The third-order valence-electron chi connectivity index (χ3n) is 3.09. The predicted octanol–water partition coefficient (Wildman–Crippen LogP) is 1.70. The highest BCUT2D eigenvalue weighted by molar-refractivity contribution is 5.85. The van der Waals surface area contributed by atoms with E-state index in [1.54, 1.807) is 0 Å². The maximum absolute atomic E-state index is 5.61. The van der Waals surface area contributed by atoms with E-state index in [0.29, 0.717) is 0 Å². The van der Waals surface area contributed by atoms with E-state index in [1.807, 2.05) is 0 Å². The number of benzene rings is 1. The lowest BCUT2D eigenvalue weighted by molar-refractivity contribution is 0.717. The first kappa shape index (κ1) is 8.06. The molecule has 0 aliphatic carbocycles. The van der Waals surface area contributed by atoms with E-state index in [1.165, 1.54) is 28.6 Å². The van der Waals surface area contributed by atoms with Gasteiger partial charge in [0.2, 0.25) is 0 Å². The molecule has 2 aromatic rings. The summed E-state index contributed by atoms with van der Waals surface area (Å²) < 4.78 is 2.43. The second-order valence-corrected chi connectivity index (χ2v) is 3.93. The molecular formula is C12H14N2. The van der Waals surface area contributed by atoms with Gasteiger partial charge in [0.15, 0.2) is 0 Å². The molecule has 2 heteroatoms. The van der Waals surface area contributed by atoms with Crippen LogP contribution in [0.4, 0.5) is 0 Å². The van der Waals surface area contributed by atoms with Crippen LogP contribution in [0.1, 0.15) is 11.3 Å². The lowest BCUT2D eigenvalue weighted by atomic mass is 10.1. The van der Waals surface area contributed by atoms with E-state index < -0.39 is 0 Å². The Kier molecular flexibility index (Phi) is 1.64. The molecule has 0 spiro atoms. The van der Waals surface area contributed by atoms with Gasteiger partial charge in [0.05, 0.1) is 5.52 Å². The summed E-state index contributed by atoms with van der Waals surface area (Å²) in [4.78, 5) is 0. The lowest BCUT2D eigenvalue weighted by Gasteiger charge is -2.02. The predicted molar refractivity (Wildman–Crippen MR) is 58.4 cm³/mol. The summed E-state index contributed by atoms with van der Waals surface area (Å²) >= 11 is 0. The fourth-order valence-electron chi connectivity index (χ4n) is 2.50. The molecule has 0 fully saturated rings. The maximum Gasteiger partial charge on any atom is 0.0515 e. The normalized spacial score (nSPS) is 14.1. The van der Waals surface area contributed by atoms with Gasteiger partial charge in [-0.05, 0) is 31.0 Å². The number of aryl methyl sites for hydroxylation is 2. The first-order valence-electron chi connectivity index (χ1n) is 5.20. The minimum Gasteiger partial charge on any atom is -0.344 e. The van der Waals surface area contributed by atoms with E-state index in [9.17, 15) is 0 Å². The molecule has 0 bridgehead atoms. The van der Waals surface area contributed by atoms with Crippen LogP contribution < -0.4 is 5.73 Å². The van der Waals surface area contributed by atoms with Crippen molar-refractivity contribution in [1.82, 2.24) is 4.57 Å². The van der Waals surface area contributed by atoms with Crippen LogP contribution in [0, 0.1) is 0 Å². The molecule has 2 N–H and O–H groups in total. The molecule has 3 rings (SSSR count). The Balaban J connectivity index is 2.29. The third kappa shape index (κ3) is 0.946. The van der Waals surface area contributed by atoms with Crippen LogP contribution in [0.25, 0.3) is 10.9 Å².